The highest BCUT2D eigenvalue weighted by Crippen LogP contribution is 2.10. The number of ether oxygens (including phenoxy) is 1. The molecule has 1 aliphatic heterocycles. The van der Waals surface area contributed by atoms with Gasteiger partial charge in [-0.05, 0) is 25.0 Å². The molecule has 2 rings (SSSR count). The first kappa shape index (κ1) is 12.6. The van der Waals surface area contributed by atoms with Crippen LogP contribution in [-0.4, -0.2) is 29.9 Å². The van der Waals surface area contributed by atoms with Crippen LogP contribution in [0.4, 0.5) is 10.5 Å². The Labute approximate surface area is 105 Å². The molecular weight excluding hydrogens is 234 g/mol. The van der Waals surface area contributed by atoms with E-state index in [0.717, 1.165) is 19.4 Å². The van der Waals surface area contributed by atoms with E-state index in [1.165, 1.54) is 4.57 Å². The zero-order valence-corrected chi connectivity index (χ0v) is 10.3. The van der Waals surface area contributed by atoms with Gasteiger partial charge in [0.1, 0.15) is 5.69 Å². The van der Waals surface area contributed by atoms with Gasteiger partial charge in [-0.15, -0.1) is 0 Å². The smallest absolute Gasteiger partial charge is 0.319 e. The predicted molar refractivity (Wildman–Crippen MR) is 67.7 cm³/mol. The first-order chi connectivity index (χ1) is 8.66. The summed E-state index contributed by atoms with van der Waals surface area (Å²) in [6, 6.07) is 2.90. The Morgan fingerprint density at radius 3 is 3.17 bits per heavy atom. The Hall–Kier alpha value is -1.82. The number of pyridine rings is 1. The van der Waals surface area contributed by atoms with E-state index in [2.05, 4.69) is 10.6 Å². The summed E-state index contributed by atoms with van der Waals surface area (Å²) in [7, 11) is 1.64. The SMILES string of the molecule is Cn1cccc(NC(=O)NC[C@H]2CCCO2)c1=O. The molecule has 6 nitrogen and oxygen atoms in total. The van der Waals surface area contributed by atoms with Gasteiger partial charge >= 0.3 is 6.03 Å². The van der Waals surface area contributed by atoms with Gasteiger partial charge < -0.3 is 19.9 Å². The Morgan fingerprint density at radius 2 is 2.44 bits per heavy atom. The Kier molecular flexibility index (Phi) is 3.99. The van der Waals surface area contributed by atoms with Crippen molar-refractivity contribution in [3.63, 3.8) is 0 Å². The van der Waals surface area contributed by atoms with Gasteiger partial charge in [0.25, 0.3) is 5.56 Å². The summed E-state index contributed by atoms with van der Waals surface area (Å²) < 4.78 is 6.80. The van der Waals surface area contributed by atoms with Gasteiger partial charge in [-0.25, -0.2) is 4.79 Å². The predicted octanol–water partition coefficient (Wildman–Crippen LogP) is 0.686. The second-order valence-electron chi connectivity index (χ2n) is 4.31. The Balaban J connectivity index is 1.86. The fourth-order valence-electron chi connectivity index (χ4n) is 1.87. The van der Waals surface area contributed by atoms with Crippen molar-refractivity contribution in [3.05, 3.63) is 28.7 Å². The molecule has 98 valence electrons. The number of hydrogen-bond donors (Lipinski definition) is 2. The molecule has 1 saturated heterocycles. The molecule has 1 aliphatic rings. The number of aryl methyl sites for hydroxylation is 1. The van der Waals surface area contributed by atoms with Gasteiger partial charge in [-0.3, -0.25) is 4.79 Å². The van der Waals surface area contributed by atoms with Crippen LogP contribution in [-0.2, 0) is 11.8 Å². The highest BCUT2D eigenvalue weighted by molar-refractivity contribution is 5.88. The van der Waals surface area contributed by atoms with Crippen LogP contribution in [0.15, 0.2) is 23.1 Å². The molecule has 2 amide bonds. The number of amides is 2. The molecule has 1 aromatic heterocycles. The summed E-state index contributed by atoms with van der Waals surface area (Å²) in [6.07, 6.45) is 3.73. The van der Waals surface area contributed by atoms with Crippen molar-refractivity contribution in [3.8, 4) is 0 Å². The van der Waals surface area contributed by atoms with Gasteiger partial charge in [-0.1, -0.05) is 0 Å². The zero-order valence-electron chi connectivity index (χ0n) is 10.3. The molecule has 0 unspecified atom stereocenters. The maximum atomic E-state index is 11.7. The molecule has 1 atom stereocenters. The summed E-state index contributed by atoms with van der Waals surface area (Å²) >= 11 is 0. The topological polar surface area (TPSA) is 72.4 Å². The monoisotopic (exact) mass is 251 g/mol. The van der Waals surface area contributed by atoms with Crippen molar-refractivity contribution in [2.24, 2.45) is 7.05 Å². The molecule has 2 heterocycles. The fraction of sp³-hybridized carbons (Fsp3) is 0.500. The Morgan fingerprint density at radius 1 is 1.61 bits per heavy atom. The number of nitrogens with one attached hydrogen (secondary N) is 2. The van der Waals surface area contributed by atoms with E-state index in [1.54, 1.807) is 25.4 Å². The number of aromatic nitrogens is 1. The van der Waals surface area contributed by atoms with E-state index >= 15 is 0 Å². The number of rotatable bonds is 3. The maximum absolute atomic E-state index is 11.7. The van der Waals surface area contributed by atoms with E-state index in [0.29, 0.717) is 6.54 Å². The van der Waals surface area contributed by atoms with Crippen LogP contribution in [0, 0.1) is 0 Å². The lowest BCUT2D eigenvalue weighted by atomic mass is 10.2. The number of carbonyl (C=O) groups is 1. The maximum Gasteiger partial charge on any atom is 0.319 e. The van der Waals surface area contributed by atoms with Crippen LogP contribution in [0.1, 0.15) is 12.8 Å². The number of hydrogen-bond acceptors (Lipinski definition) is 3. The summed E-state index contributed by atoms with van der Waals surface area (Å²) in [6.45, 7) is 1.23. The molecule has 2 N–H and O–H groups in total. The first-order valence-corrected chi connectivity index (χ1v) is 5.99. The highest BCUT2D eigenvalue weighted by atomic mass is 16.5. The molecule has 0 aliphatic carbocycles. The molecular formula is C12H17N3O3. The molecule has 0 spiro atoms. The largest absolute Gasteiger partial charge is 0.376 e. The minimum absolute atomic E-state index is 0.0920. The molecule has 1 fully saturated rings. The van der Waals surface area contributed by atoms with Crippen molar-refractivity contribution in [1.29, 1.82) is 0 Å². The normalized spacial score (nSPS) is 18.6. The second kappa shape index (κ2) is 5.68. The molecule has 0 aromatic carbocycles. The average Bonchev–Trinajstić information content (AvgIpc) is 2.86. The molecule has 0 saturated carbocycles. The van der Waals surface area contributed by atoms with E-state index in [9.17, 15) is 9.59 Å². The summed E-state index contributed by atoms with van der Waals surface area (Å²) in [5.74, 6) is 0. The lowest BCUT2D eigenvalue weighted by Gasteiger charge is -2.11. The van der Waals surface area contributed by atoms with Crippen LogP contribution in [0.5, 0.6) is 0 Å². The van der Waals surface area contributed by atoms with Crippen LogP contribution >= 0.6 is 0 Å². The van der Waals surface area contributed by atoms with Crippen LogP contribution in [0.2, 0.25) is 0 Å². The molecule has 0 bridgehead atoms. The molecule has 18 heavy (non-hydrogen) atoms. The highest BCUT2D eigenvalue weighted by Gasteiger charge is 2.16. The molecule has 6 heteroatoms. The van der Waals surface area contributed by atoms with Crippen LogP contribution in [0.25, 0.3) is 0 Å². The third-order valence-corrected chi connectivity index (χ3v) is 2.89. The summed E-state index contributed by atoms with van der Waals surface area (Å²) in [4.78, 5) is 23.3. The van der Waals surface area contributed by atoms with Gasteiger partial charge in [0.05, 0.1) is 6.10 Å². The molecule has 1 aromatic rings. The molecule has 0 radical (unpaired) electrons. The zero-order chi connectivity index (χ0) is 13.0. The number of urea groups is 1. The minimum Gasteiger partial charge on any atom is -0.376 e. The van der Waals surface area contributed by atoms with Gasteiger partial charge in [0.15, 0.2) is 0 Å². The Bertz CT molecular complexity index is 478. The van der Waals surface area contributed by atoms with Crippen molar-refractivity contribution in [2.45, 2.75) is 18.9 Å². The van der Waals surface area contributed by atoms with Crippen molar-refractivity contribution in [2.75, 3.05) is 18.5 Å². The number of anilines is 1. The third-order valence-electron chi connectivity index (χ3n) is 2.89. The van der Waals surface area contributed by atoms with Crippen LogP contribution < -0.4 is 16.2 Å². The lowest BCUT2D eigenvalue weighted by Crippen LogP contribution is -2.36. The van der Waals surface area contributed by atoms with Gasteiger partial charge in [0, 0.05) is 26.4 Å². The van der Waals surface area contributed by atoms with E-state index < -0.39 is 0 Å². The first-order valence-electron chi connectivity index (χ1n) is 5.99. The van der Waals surface area contributed by atoms with E-state index in [-0.39, 0.29) is 23.4 Å². The van der Waals surface area contributed by atoms with Gasteiger partial charge in [-0.2, -0.15) is 0 Å². The van der Waals surface area contributed by atoms with Crippen molar-refractivity contribution < 1.29 is 9.53 Å². The third kappa shape index (κ3) is 3.10. The number of carbonyl (C=O) groups excluding carboxylic acids is 1. The fourth-order valence-corrected chi connectivity index (χ4v) is 1.87. The minimum atomic E-state index is -0.381. The second-order valence-corrected chi connectivity index (χ2v) is 4.31. The standard InChI is InChI=1S/C12H17N3O3/c1-15-6-2-5-10(11(15)16)14-12(17)13-8-9-4-3-7-18-9/h2,5-6,9H,3-4,7-8H2,1H3,(H2,13,14,17)/t9-/m1/s1. The number of nitrogens with zero attached hydrogens (tertiary/aromatic N) is 1. The summed E-state index contributed by atoms with van der Waals surface area (Å²) in [5.41, 5.74) is 0.0367. The summed E-state index contributed by atoms with van der Waals surface area (Å²) in [5, 5.41) is 5.23. The van der Waals surface area contributed by atoms with Gasteiger partial charge in [0.2, 0.25) is 0 Å². The quantitative estimate of drug-likeness (QED) is 0.830. The lowest BCUT2D eigenvalue weighted by molar-refractivity contribution is 0.112. The van der Waals surface area contributed by atoms with E-state index in [1.807, 2.05) is 0 Å². The van der Waals surface area contributed by atoms with Crippen molar-refractivity contribution in [1.82, 2.24) is 9.88 Å². The van der Waals surface area contributed by atoms with E-state index in [4.69, 9.17) is 4.74 Å². The van der Waals surface area contributed by atoms with Crippen LogP contribution in [0.3, 0.4) is 0 Å². The average molecular weight is 251 g/mol. The van der Waals surface area contributed by atoms with Crippen molar-refractivity contribution >= 4 is 11.7 Å².